The third-order valence-corrected chi connectivity index (χ3v) is 8.78. The van der Waals surface area contributed by atoms with Crippen LogP contribution in [0.3, 0.4) is 0 Å². The van der Waals surface area contributed by atoms with Crippen LogP contribution in [0.4, 0.5) is 0 Å². The Balaban J connectivity index is 1.37. The number of benzene rings is 2. The van der Waals surface area contributed by atoms with Crippen molar-refractivity contribution in [3.63, 3.8) is 0 Å². The van der Waals surface area contributed by atoms with Crippen LogP contribution in [0.2, 0.25) is 0 Å². The van der Waals surface area contributed by atoms with Crippen LogP contribution in [0.1, 0.15) is 31.9 Å². The van der Waals surface area contributed by atoms with Gasteiger partial charge in [0.05, 0.1) is 23.8 Å². The van der Waals surface area contributed by atoms with Crippen molar-refractivity contribution in [3.8, 4) is 17.6 Å². The van der Waals surface area contributed by atoms with E-state index >= 15 is 0 Å². The molecule has 0 spiro atoms. The van der Waals surface area contributed by atoms with E-state index < -0.39 is 5.69 Å². The summed E-state index contributed by atoms with van der Waals surface area (Å²) in [4.78, 5) is 40.5. The van der Waals surface area contributed by atoms with Gasteiger partial charge in [-0.15, -0.1) is 23.1 Å². The van der Waals surface area contributed by atoms with E-state index in [4.69, 9.17) is 4.74 Å². The molecule has 5 rings (SSSR count). The van der Waals surface area contributed by atoms with Gasteiger partial charge in [0.1, 0.15) is 10.6 Å². The second-order valence-corrected chi connectivity index (χ2v) is 11.4. The predicted octanol–water partition coefficient (Wildman–Crippen LogP) is 3.37. The van der Waals surface area contributed by atoms with Crippen molar-refractivity contribution < 1.29 is 9.53 Å². The third-order valence-electron chi connectivity index (χ3n) is 6.43. The van der Waals surface area contributed by atoms with Crippen molar-refractivity contribution in [3.05, 3.63) is 103 Å². The molecule has 0 radical (unpaired) electrons. The average Bonchev–Trinajstić information content (AvgIpc) is 3.39. The van der Waals surface area contributed by atoms with E-state index in [9.17, 15) is 14.4 Å². The van der Waals surface area contributed by atoms with Gasteiger partial charge in [0.15, 0.2) is 5.78 Å². The first-order chi connectivity index (χ1) is 18.4. The monoisotopic (exact) mass is 545 g/mol. The number of thioether (sulfide) groups is 1. The molecule has 0 bridgehead atoms. The molecule has 0 saturated carbocycles. The largest absolute Gasteiger partial charge is 0.497 e. The Morgan fingerprint density at radius 1 is 1.16 bits per heavy atom. The molecule has 2 aromatic carbocycles. The van der Waals surface area contributed by atoms with Gasteiger partial charge in [0, 0.05) is 42.6 Å². The highest BCUT2D eigenvalue weighted by molar-refractivity contribution is 8.00. The summed E-state index contributed by atoms with van der Waals surface area (Å²) in [7, 11) is 1.63. The van der Waals surface area contributed by atoms with Crippen LogP contribution in [0.15, 0.2) is 64.3 Å². The number of nitrogens with one attached hydrogen (secondary N) is 1. The van der Waals surface area contributed by atoms with E-state index in [0.29, 0.717) is 33.8 Å². The molecule has 1 saturated heterocycles. The topological polar surface area (TPSA) is 81.8 Å². The van der Waals surface area contributed by atoms with Gasteiger partial charge in [-0.3, -0.25) is 18.6 Å². The third kappa shape index (κ3) is 5.48. The normalized spacial score (nSPS) is 15.2. The first kappa shape index (κ1) is 26.0. The molecule has 3 heterocycles. The second kappa shape index (κ2) is 11.4. The van der Waals surface area contributed by atoms with Crippen LogP contribution in [0, 0.1) is 18.8 Å². The Hall–Kier alpha value is -3.58. The lowest BCUT2D eigenvalue weighted by Gasteiger charge is -2.21. The van der Waals surface area contributed by atoms with Gasteiger partial charge in [0.25, 0.3) is 5.56 Å². The van der Waals surface area contributed by atoms with Crippen LogP contribution in [0.25, 0.3) is 4.83 Å². The predicted molar refractivity (Wildman–Crippen MR) is 153 cm³/mol. The fourth-order valence-electron chi connectivity index (χ4n) is 4.36. The molecule has 1 aliphatic heterocycles. The molecule has 38 heavy (non-hydrogen) atoms. The highest BCUT2D eigenvalue weighted by Crippen LogP contribution is 2.20. The average molecular weight is 546 g/mol. The van der Waals surface area contributed by atoms with Gasteiger partial charge in [-0.1, -0.05) is 48.2 Å². The zero-order chi connectivity index (χ0) is 26.6. The maximum Gasteiger partial charge on any atom is 0.336 e. The van der Waals surface area contributed by atoms with Crippen LogP contribution in [-0.4, -0.2) is 46.0 Å². The minimum atomic E-state index is -0.405. The van der Waals surface area contributed by atoms with Gasteiger partial charge >= 0.3 is 5.69 Å². The molecular weight excluding hydrogens is 518 g/mol. The molecule has 1 unspecified atom stereocenters. The zero-order valence-electron chi connectivity index (χ0n) is 21.2. The summed E-state index contributed by atoms with van der Waals surface area (Å²) in [5.41, 5.74) is 2.23. The first-order valence-electron chi connectivity index (χ1n) is 12.3. The number of hydrogen-bond donors (Lipinski definition) is 1. The van der Waals surface area contributed by atoms with E-state index in [2.05, 4.69) is 17.2 Å². The van der Waals surface area contributed by atoms with Crippen LogP contribution in [-0.2, 0) is 13.0 Å². The number of nitrogens with zero attached hydrogens (tertiary/aromatic N) is 2. The van der Waals surface area contributed by atoms with Crippen LogP contribution in [0.5, 0.6) is 5.75 Å². The SMILES string of the molecule is COc1cccc(CC#Cc2cn3c(=O)n(Cc4ccc(C(=O)C5CNCCS5)cc4)c(=O)c(C)c3s2)c1. The number of carbonyl (C=O) groups is 1. The van der Waals surface area contributed by atoms with E-state index in [0.717, 1.165) is 29.2 Å². The van der Waals surface area contributed by atoms with Crippen molar-refractivity contribution in [2.75, 3.05) is 26.0 Å². The van der Waals surface area contributed by atoms with Gasteiger partial charge in [-0.25, -0.2) is 4.79 Å². The number of Topliss-reactive ketones (excluding diaryl/α,β-unsaturated/α-hetero) is 1. The Bertz CT molecular complexity index is 1670. The van der Waals surface area contributed by atoms with Crippen molar-refractivity contribution in [2.45, 2.75) is 25.1 Å². The van der Waals surface area contributed by atoms with E-state index in [1.54, 1.807) is 44.1 Å². The smallest absolute Gasteiger partial charge is 0.336 e. The molecule has 0 amide bonds. The Morgan fingerprint density at radius 2 is 1.97 bits per heavy atom. The molecule has 194 valence electrons. The molecule has 1 atom stereocenters. The number of ether oxygens (including phenoxy) is 1. The molecule has 1 aliphatic rings. The van der Waals surface area contributed by atoms with Gasteiger partial charge in [0.2, 0.25) is 0 Å². The molecule has 9 heteroatoms. The number of hydrogen-bond acceptors (Lipinski definition) is 7. The summed E-state index contributed by atoms with van der Waals surface area (Å²) >= 11 is 3.01. The summed E-state index contributed by atoms with van der Waals surface area (Å²) in [6.45, 7) is 3.45. The maximum atomic E-state index is 13.3. The van der Waals surface area contributed by atoms with Crippen LogP contribution >= 0.6 is 23.1 Å². The van der Waals surface area contributed by atoms with Gasteiger partial charge < -0.3 is 10.1 Å². The van der Waals surface area contributed by atoms with Gasteiger partial charge in [-0.05, 0) is 30.2 Å². The number of rotatable bonds is 6. The lowest BCUT2D eigenvalue weighted by atomic mass is 10.1. The lowest BCUT2D eigenvalue weighted by molar-refractivity contribution is 0.0988. The lowest BCUT2D eigenvalue weighted by Crippen LogP contribution is -2.38. The molecule has 7 nitrogen and oxygen atoms in total. The summed E-state index contributed by atoms with van der Waals surface area (Å²) in [5.74, 6) is 8.07. The molecule has 1 fully saturated rings. The van der Waals surface area contributed by atoms with Crippen molar-refractivity contribution >= 4 is 33.7 Å². The fraction of sp³-hybridized carbons (Fsp3) is 0.276. The fourth-order valence-corrected chi connectivity index (χ4v) is 6.38. The number of methoxy groups -OCH3 is 1. The summed E-state index contributed by atoms with van der Waals surface area (Å²) < 4.78 is 8.00. The van der Waals surface area contributed by atoms with E-state index in [1.807, 2.05) is 36.4 Å². The second-order valence-electron chi connectivity index (χ2n) is 9.02. The summed E-state index contributed by atoms with van der Waals surface area (Å²) in [5, 5.41) is 3.17. The van der Waals surface area contributed by atoms with E-state index in [-0.39, 0.29) is 23.1 Å². The summed E-state index contributed by atoms with van der Waals surface area (Å²) in [6, 6.07) is 14.9. The number of aromatic nitrogens is 2. The number of aryl methyl sites for hydroxylation is 1. The van der Waals surface area contributed by atoms with Gasteiger partial charge in [-0.2, -0.15) is 0 Å². The Morgan fingerprint density at radius 3 is 2.71 bits per heavy atom. The van der Waals surface area contributed by atoms with E-state index in [1.165, 1.54) is 20.3 Å². The number of fused-ring (bicyclic) bond motifs is 1. The van der Waals surface area contributed by atoms with Crippen molar-refractivity contribution in [2.24, 2.45) is 0 Å². The number of ketones is 1. The highest BCUT2D eigenvalue weighted by Gasteiger charge is 2.23. The molecule has 0 aliphatic carbocycles. The van der Waals surface area contributed by atoms with Crippen LogP contribution < -0.4 is 21.3 Å². The standard InChI is InChI=1S/C29H27N3O4S2/c1-19-27(34)31(17-21-9-11-22(12-10-21)26(33)25-16-30-13-14-37-25)29(35)32-18-24(38-28(19)32)8-4-6-20-5-3-7-23(15-20)36-2/h3,5,7,9-12,15,18,25,30H,6,13-14,16-17H2,1-2H3. The number of carbonyl (C=O) groups excluding carboxylic acids is 1. The van der Waals surface area contributed by atoms with Crippen molar-refractivity contribution in [1.29, 1.82) is 0 Å². The highest BCUT2D eigenvalue weighted by atomic mass is 32.2. The number of thiazole rings is 1. The minimum Gasteiger partial charge on any atom is -0.497 e. The molecule has 2 aromatic heterocycles. The maximum absolute atomic E-state index is 13.3. The quantitative estimate of drug-likeness (QED) is 0.296. The first-order valence-corrected chi connectivity index (χ1v) is 14.1. The Kier molecular flexibility index (Phi) is 7.84. The molecule has 4 aromatic rings. The van der Waals surface area contributed by atoms with Crippen molar-refractivity contribution in [1.82, 2.24) is 14.3 Å². The zero-order valence-corrected chi connectivity index (χ0v) is 22.8. The minimum absolute atomic E-state index is 0.0849. The molecule has 1 N–H and O–H groups in total. The molecular formula is C29H27N3O4S2. The summed E-state index contributed by atoms with van der Waals surface area (Å²) in [6.07, 6.45) is 2.24. The Labute approximate surface area is 228 Å².